The summed E-state index contributed by atoms with van der Waals surface area (Å²) < 4.78 is 5.74. The van der Waals surface area contributed by atoms with Crippen molar-refractivity contribution < 1.29 is 9.53 Å². The first kappa shape index (κ1) is 18.8. The number of urea groups is 1. The van der Waals surface area contributed by atoms with Crippen molar-refractivity contribution in [3.63, 3.8) is 0 Å². The van der Waals surface area contributed by atoms with Crippen molar-refractivity contribution in [3.8, 4) is 5.75 Å². The minimum Gasteiger partial charge on any atom is -0.492 e. The number of hydrogen-bond donors (Lipinski definition) is 2. The Bertz CT molecular complexity index is 733. The van der Waals surface area contributed by atoms with Gasteiger partial charge in [-0.05, 0) is 54.2 Å². The van der Waals surface area contributed by atoms with E-state index in [1.807, 2.05) is 44.2 Å². The summed E-state index contributed by atoms with van der Waals surface area (Å²) in [5.74, 6) is 0.823. The molecule has 0 heterocycles. The minimum atomic E-state index is -0.222. The van der Waals surface area contributed by atoms with Crippen LogP contribution in [0.2, 0.25) is 0 Å². The molecule has 0 atom stereocenters. The molecule has 0 spiro atoms. The summed E-state index contributed by atoms with van der Waals surface area (Å²) >= 11 is 0. The van der Waals surface area contributed by atoms with Crippen LogP contribution in [0.25, 0.3) is 0 Å². The van der Waals surface area contributed by atoms with Gasteiger partial charge in [0.05, 0.1) is 6.54 Å². The van der Waals surface area contributed by atoms with Crippen molar-refractivity contribution in [1.29, 1.82) is 0 Å². The normalized spacial score (nSPS) is 11.1. The maximum Gasteiger partial charge on any atom is 0.319 e. The molecule has 2 rings (SSSR count). The highest BCUT2D eigenvalue weighted by atomic mass is 16.5. The van der Waals surface area contributed by atoms with Crippen LogP contribution in [-0.2, 0) is 5.41 Å². The molecule has 4 nitrogen and oxygen atoms in total. The topological polar surface area (TPSA) is 50.4 Å². The van der Waals surface area contributed by atoms with Crippen molar-refractivity contribution in [2.75, 3.05) is 18.5 Å². The summed E-state index contributed by atoms with van der Waals surface area (Å²) in [4.78, 5) is 12.0. The van der Waals surface area contributed by atoms with Crippen LogP contribution in [0.1, 0.15) is 37.5 Å². The van der Waals surface area contributed by atoms with Crippen LogP contribution in [0.5, 0.6) is 5.75 Å². The molecule has 2 amide bonds. The summed E-state index contributed by atoms with van der Waals surface area (Å²) in [5.41, 5.74) is 4.37. The Balaban J connectivity index is 1.79. The second-order valence-corrected chi connectivity index (χ2v) is 7.25. The number of ether oxygens (including phenoxy) is 1. The Morgan fingerprint density at radius 2 is 1.80 bits per heavy atom. The monoisotopic (exact) mass is 340 g/mol. The zero-order valence-electron chi connectivity index (χ0n) is 15.8. The number of nitrogens with one attached hydrogen (secondary N) is 2. The number of amides is 2. The van der Waals surface area contributed by atoms with Crippen LogP contribution in [0.3, 0.4) is 0 Å². The van der Waals surface area contributed by atoms with E-state index in [1.54, 1.807) is 0 Å². The van der Waals surface area contributed by atoms with E-state index in [0.717, 1.165) is 22.6 Å². The SMILES string of the molecule is Cc1cccc(NC(=O)NCCOc2cccc(C(C)(C)C)c2)c1C. The first-order chi connectivity index (χ1) is 11.8. The molecule has 2 N–H and O–H groups in total. The summed E-state index contributed by atoms with van der Waals surface area (Å²) in [6, 6.07) is 13.7. The first-order valence-corrected chi connectivity index (χ1v) is 8.62. The third-order valence-electron chi connectivity index (χ3n) is 4.21. The molecule has 0 bridgehead atoms. The van der Waals surface area contributed by atoms with Crippen LogP contribution in [0.15, 0.2) is 42.5 Å². The molecule has 25 heavy (non-hydrogen) atoms. The Morgan fingerprint density at radius 1 is 1.08 bits per heavy atom. The van der Waals surface area contributed by atoms with Crippen LogP contribution < -0.4 is 15.4 Å². The summed E-state index contributed by atoms with van der Waals surface area (Å²) in [6.45, 7) is 11.4. The number of anilines is 1. The molecule has 0 saturated carbocycles. The van der Waals surface area contributed by atoms with Crippen LogP contribution in [0, 0.1) is 13.8 Å². The summed E-state index contributed by atoms with van der Waals surface area (Å²) in [5, 5.41) is 5.69. The molecule has 2 aromatic carbocycles. The Morgan fingerprint density at radius 3 is 2.52 bits per heavy atom. The lowest BCUT2D eigenvalue weighted by Crippen LogP contribution is -2.32. The standard InChI is InChI=1S/C21H28N2O2/c1-15-8-6-11-19(16(15)2)23-20(24)22-12-13-25-18-10-7-9-17(14-18)21(3,4)5/h6-11,14H,12-13H2,1-5H3,(H2,22,23,24). The number of aryl methyl sites for hydroxylation is 1. The zero-order valence-corrected chi connectivity index (χ0v) is 15.8. The average molecular weight is 340 g/mol. The van der Waals surface area contributed by atoms with Gasteiger partial charge in [-0.3, -0.25) is 0 Å². The van der Waals surface area contributed by atoms with Gasteiger partial charge in [0, 0.05) is 5.69 Å². The van der Waals surface area contributed by atoms with Crippen molar-refractivity contribution in [3.05, 3.63) is 59.2 Å². The van der Waals surface area contributed by atoms with Crippen molar-refractivity contribution >= 4 is 11.7 Å². The molecule has 0 unspecified atom stereocenters. The molecule has 4 heteroatoms. The number of benzene rings is 2. The average Bonchev–Trinajstić information content (AvgIpc) is 2.55. The van der Waals surface area contributed by atoms with Crippen LogP contribution in [-0.4, -0.2) is 19.2 Å². The Labute approximate surface area is 150 Å². The van der Waals surface area contributed by atoms with Gasteiger partial charge >= 0.3 is 6.03 Å². The maximum atomic E-state index is 12.0. The fourth-order valence-corrected chi connectivity index (χ4v) is 2.44. The van der Waals surface area contributed by atoms with E-state index < -0.39 is 0 Å². The van der Waals surface area contributed by atoms with Gasteiger partial charge in [-0.15, -0.1) is 0 Å². The second kappa shape index (κ2) is 8.06. The molecule has 0 aliphatic rings. The molecule has 0 aromatic heterocycles. The Kier molecular flexibility index (Phi) is 6.07. The van der Waals surface area contributed by atoms with Gasteiger partial charge in [-0.1, -0.05) is 45.0 Å². The van der Waals surface area contributed by atoms with Gasteiger partial charge in [0.15, 0.2) is 0 Å². The van der Waals surface area contributed by atoms with E-state index in [2.05, 4.69) is 43.5 Å². The van der Waals surface area contributed by atoms with Crippen molar-refractivity contribution in [2.24, 2.45) is 0 Å². The third kappa shape index (κ3) is 5.52. The molecule has 134 valence electrons. The quantitative estimate of drug-likeness (QED) is 0.768. The summed E-state index contributed by atoms with van der Waals surface area (Å²) in [7, 11) is 0. The fraction of sp³-hybridized carbons (Fsp3) is 0.381. The number of hydrogen-bond acceptors (Lipinski definition) is 2. The predicted octanol–water partition coefficient (Wildman–Crippen LogP) is 4.80. The number of carbonyl (C=O) groups is 1. The molecule has 0 radical (unpaired) electrons. The van der Waals surface area contributed by atoms with E-state index in [4.69, 9.17) is 4.74 Å². The highest BCUT2D eigenvalue weighted by molar-refractivity contribution is 5.90. The maximum absolute atomic E-state index is 12.0. The lowest BCUT2D eigenvalue weighted by Gasteiger charge is -2.19. The lowest BCUT2D eigenvalue weighted by atomic mass is 9.87. The summed E-state index contributed by atoms with van der Waals surface area (Å²) in [6.07, 6.45) is 0. The van der Waals surface area contributed by atoms with E-state index in [-0.39, 0.29) is 11.4 Å². The van der Waals surface area contributed by atoms with Gasteiger partial charge in [0.2, 0.25) is 0 Å². The first-order valence-electron chi connectivity index (χ1n) is 8.62. The molecule has 0 fully saturated rings. The fourth-order valence-electron chi connectivity index (χ4n) is 2.44. The van der Waals surface area contributed by atoms with E-state index >= 15 is 0 Å². The third-order valence-corrected chi connectivity index (χ3v) is 4.21. The van der Waals surface area contributed by atoms with Gasteiger partial charge in [0.25, 0.3) is 0 Å². The van der Waals surface area contributed by atoms with Gasteiger partial charge in [-0.25, -0.2) is 4.79 Å². The Hall–Kier alpha value is -2.49. The molecule has 0 aliphatic carbocycles. The van der Waals surface area contributed by atoms with Crippen molar-refractivity contribution in [2.45, 2.75) is 40.0 Å². The van der Waals surface area contributed by atoms with Gasteiger partial charge in [-0.2, -0.15) is 0 Å². The molecule has 0 aliphatic heterocycles. The van der Waals surface area contributed by atoms with Crippen molar-refractivity contribution in [1.82, 2.24) is 5.32 Å². The van der Waals surface area contributed by atoms with E-state index in [9.17, 15) is 4.79 Å². The molecule has 2 aromatic rings. The highest BCUT2D eigenvalue weighted by Crippen LogP contribution is 2.25. The van der Waals surface area contributed by atoms with E-state index in [1.165, 1.54) is 5.56 Å². The molecular weight excluding hydrogens is 312 g/mol. The van der Waals surface area contributed by atoms with Crippen LogP contribution >= 0.6 is 0 Å². The predicted molar refractivity (Wildman–Crippen MR) is 104 cm³/mol. The molecular formula is C21H28N2O2. The number of rotatable bonds is 5. The van der Waals surface area contributed by atoms with E-state index in [0.29, 0.717) is 13.2 Å². The smallest absolute Gasteiger partial charge is 0.319 e. The largest absolute Gasteiger partial charge is 0.492 e. The minimum absolute atomic E-state index is 0.0865. The highest BCUT2D eigenvalue weighted by Gasteiger charge is 2.13. The number of carbonyl (C=O) groups excluding carboxylic acids is 1. The van der Waals surface area contributed by atoms with Gasteiger partial charge < -0.3 is 15.4 Å². The second-order valence-electron chi connectivity index (χ2n) is 7.25. The zero-order chi connectivity index (χ0) is 18.4. The lowest BCUT2D eigenvalue weighted by molar-refractivity contribution is 0.247. The van der Waals surface area contributed by atoms with Crippen LogP contribution in [0.4, 0.5) is 10.5 Å². The molecule has 0 saturated heterocycles. The van der Waals surface area contributed by atoms with Gasteiger partial charge in [0.1, 0.15) is 12.4 Å².